The van der Waals surface area contributed by atoms with E-state index in [1.54, 1.807) is 17.9 Å². The number of aromatic nitrogens is 4. The van der Waals surface area contributed by atoms with Crippen LogP contribution in [0.25, 0.3) is 11.4 Å². The number of carbonyl (C=O) groups excluding carboxylic acids is 1. The molecule has 1 amide bonds. The number of hydrogen-bond acceptors (Lipinski definition) is 5. The SMILES string of the molecule is Cn1nc(C(N)=O)c2c1-c1nc(C#N)ncc1CC2. The predicted octanol–water partition coefficient (Wildman–Crippen LogP) is -0.0537. The lowest BCUT2D eigenvalue weighted by molar-refractivity contribution is 0.0994. The Morgan fingerprint density at radius 2 is 2.32 bits per heavy atom. The van der Waals surface area contributed by atoms with E-state index in [0.29, 0.717) is 18.5 Å². The van der Waals surface area contributed by atoms with Crippen LogP contribution in [-0.4, -0.2) is 25.7 Å². The molecule has 2 aromatic heterocycles. The fourth-order valence-electron chi connectivity index (χ4n) is 2.41. The molecule has 0 spiro atoms. The molecule has 19 heavy (non-hydrogen) atoms. The highest BCUT2D eigenvalue weighted by molar-refractivity contribution is 5.94. The zero-order valence-corrected chi connectivity index (χ0v) is 10.2. The summed E-state index contributed by atoms with van der Waals surface area (Å²) < 4.78 is 1.58. The van der Waals surface area contributed by atoms with Crippen molar-refractivity contribution in [2.45, 2.75) is 12.8 Å². The van der Waals surface area contributed by atoms with E-state index in [4.69, 9.17) is 11.0 Å². The molecule has 0 aliphatic heterocycles. The summed E-state index contributed by atoms with van der Waals surface area (Å²) in [6.45, 7) is 0. The molecule has 3 rings (SSSR count). The molecule has 2 N–H and O–H groups in total. The predicted molar refractivity (Wildman–Crippen MR) is 64.9 cm³/mol. The number of nitrogens with two attached hydrogens (primary N) is 1. The third kappa shape index (κ3) is 1.57. The molecule has 0 radical (unpaired) electrons. The third-order valence-electron chi connectivity index (χ3n) is 3.21. The van der Waals surface area contributed by atoms with E-state index in [0.717, 1.165) is 16.8 Å². The van der Waals surface area contributed by atoms with Gasteiger partial charge in [0, 0.05) is 18.8 Å². The first-order valence-electron chi connectivity index (χ1n) is 5.74. The molecular weight excluding hydrogens is 244 g/mol. The second-order valence-corrected chi connectivity index (χ2v) is 4.34. The molecule has 1 aliphatic rings. The summed E-state index contributed by atoms with van der Waals surface area (Å²) in [5.74, 6) is -0.441. The van der Waals surface area contributed by atoms with Crippen molar-refractivity contribution < 1.29 is 4.79 Å². The van der Waals surface area contributed by atoms with E-state index in [1.165, 1.54) is 0 Å². The number of hydrogen-bond donors (Lipinski definition) is 1. The quantitative estimate of drug-likeness (QED) is 0.766. The minimum atomic E-state index is -0.546. The Labute approximate surface area is 108 Å². The zero-order valence-electron chi connectivity index (χ0n) is 10.2. The second-order valence-electron chi connectivity index (χ2n) is 4.34. The van der Waals surface area contributed by atoms with Gasteiger partial charge in [-0.2, -0.15) is 10.4 Å². The van der Waals surface area contributed by atoms with Crippen molar-refractivity contribution in [3.05, 3.63) is 28.8 Å². The van der Waals surface area contributed by atoms with Crippen LogP contribution in [0, 0.1) is 11.3 Å². The average Bonchev–Trinajstić information content (AvgIpc) is 2.76. The minimum Gasteiger partial charge on any atom is -0.364 e. The molecule has 0 saturated heterocycles. The van der Waals surface area contributed by atoms with Gasteiger partial charge in [0.05, 0.1) is 11.4 Å². The maximum absolute atomic E-state index is 11.4. The first-order valence-corrected chi connectivity index (χ1v) is 5.74. The van der Waals surface area contributed by atoms with E-state index in [1.807, 2.05) is 6.07 Å². The molecule has 94 valence electrons. The van der Waals surface area contributed by atoms with Gasteiger partial charge in [-0.3, -0.25) is 9.48 Å². The van der Waals surface area contributed by atoms with Crippen LogP contribution in [0.2, 0.25) is 0 Å². The maximum atomic E-state index is 11.4. The van der Waals surface area contributed by atoms with Crippen LogP contribution in [0.15, 0.2) is 6.20 Å². The molecule has 2 aromatic rings. The highest BCUT2D eigenvalue weighted by Gasteiger charge is 2.27. The van der Waals surface area contributed by atoms with Gasteiger partial charge in [0.1, 0.15) is 6.07 Å². The first kappa shape index (κ1) is 11.3. The van der Waals surface area contributed by atoms with Gasteiger partial charge in [-0.15, -0.1) is 0 Å². The topological polar surface area (TPSA) is 110 Å². The van der Waals surface area contributed by atoms with Crippen molar-refractivity contribution >= 4 is 5.91 Å². The number of nitriles is 1. The van der Waals surface area contributed by atoms with Crippen LogP contribution in [0.4, 0.5) is 0 Å². The summed E-state index contributed by atoms with van der Waals surface area (Å²) in [6, 6.07) is 1.91. The normalized spacial score (nSPS) is 12.4. The van der Waals surface area contributed by atoms with Crippen molar-refractivity contribution in [3.8, 4) is 17.5 Å². The largest absolute Gasteiger partial charge is 0.364 e. The molecule has 0 aromatic carbocycles. The fourth-order valence-corrected chi connectivity index (χ4v) is 2.41. The van der Waals surface area contributed by atoms with Crippen molar-refractivity contribution in [2.24, 2.45) is 12.8 Å². The average molecular weight is 254 g/mol. The van der Waals surface area contributed by atoms with Gasteiger partial charge < -0.3 is 5.73 Å². The summed E-state index contributed by atoms with van der Waals surface area (Å²) >= 11 is 0. The van der Waals surface area contributed by atoms with E-state index in [-0.39, 0.29) is 11.5 Å². The smallest absolute Gasteiger partial charge is 0.269 e. The van der Waals surface area contributed by atoms with Crippen LogP contribution < -0.4 is 5.73 Å². The second kappa shape index (κ2) is 3.88. The number of amides is 1. The van der Waals surface area contributed by atoms with Crippen molar-refractivity contribution in [3.63, 3.8) is 0 Å². The maximum Gasteiger partial charge on any atom is 0.269 e. The zero-order chi connectivity index (χ0) is 13.6. The Balaban J connectivity index is 2.29. The van der Waals surface area contributed by atoms with E-state index >= 15 is 0 Å². The third-order valence-corrected chi connectivity index (χ3v) is 3.21. The highest BCUT2D eigenvalue weighted by Crippen LogP contribution is 2.33. The molecule has 7 nitrogen and oxygen atoms in total. The number of nitrogens with zero attached hydrogens (tertiary/aromatic N) is 5. The van der Waals surface area contributed by atoms with E-state index in [9.17, 15) is 4.79 Å². The number of aryl methyl sites for hydroxylation is 2. The molecule has 7 heteroatoms. The van der Waals surface area contributed by atoms with Gasteiger partial charge in [-0.05, 0) is 18.4 Å². The molecule has 0 fully saturated rings. The lowest BCUT2D eigenvalue weighted by atomic mass is 9.93. The van der Waals surface area contributed by atoms with Gasteiger partial charge in [0.2, 0.25) is 5.82 Å². The van der Waals surface area contributed by atoms with Crippen LogP contribution in [0.5, 0.6) is 0 Å². The molecular formula is C12H10N6O. The lowest BCUT2D eigenvalue weighted by Crippen LogP contribution is -2.15. The van der Waals surface area contributed by atoms with Gasteiger partial charge in [0.25, 0.3) is 5.91 Å². The van der Waals surface area contributed by atoms with Gasteiger partial charge in [-0.25, -0.2) is 9.97 Å². The lowest BCUT2D eigenvalue weighted by Gasteiger charge is -2.15. The van der Waals surface area contributed by atoms with Crippen LogP contribution in [-0.2, 0) is 19.9 Å². The van der Waals surface area contributed by atoms with E-state index in [2.05, 4.69) is 15.1 Å². The van der Waals surface area contributed by atoms with Gasteiger partial charge >= 0.3 is 0 Å². The molecule has 1 aliphatic carbocycles. The molecule has 0 unspecified atom stereocenters. The summed E-state index contributed by atoms with van der Waals surface area (Å²) in [5.41, 5.74) is 8.76. The fraction of sp³-hybridized carbons (Fsp3) is 0.250. The molecule has 0 atom stereocenters. The Bertz CT molecular complexity index is 739. The van der Waals surface area contributed by atoms with Gasteiger partial charge in [0.15, 0.2) is 5.69 Å². The number of fused-ring (bicyclic) bond motifs is 3. The van der Waals surface area contributed by atoms with Crippen molar-refractivity contribution in [1.82, 2.24) is 19.7 Å². The van der Waals surface area contributed by atoms with E-state index < -0.39 is 5.91 Å². The Hall–Kier alpha value is -2.75. The number of primary amides is 1. The summed E-state index contributed by atoms with van der Waals surface area (Å²) in [7, 11) is 1.73. The molecule has 0 saturated carbocycles. The minimum absolute atomic E-state index is 0.105. The van der Waals surface area contributed by atoms with Crippen LogP contribution >= 0.6 is 0 Å². The molecule has 2 heterocycles. The standard InChI is InChI=1S/C12H10N6O/c1-18-11-7(10(17-18)12(14)19)3-2-6-5-15-8(4-13)16-9(6)11/h5H,2-3H2,1H3,(H2,14,19). The summed E-state index contributed by atoms with van der Waals surface area (Å²) in [6.07, 6.45) is 3.03. The van der Waals surface area contributed by atoms with Gasteiger partial charge in [-0.1, -0.05) is 0 Å². The Morgan fingerprint density at radius 1 is 1.53 bits per heavy atom. The summed E-state index contributed by atoms with van der Waals surface area (Å²) in [5, 5.41) is 13.0. The Morgan fingerprint density at radius 3 is 3.00 bits per heavy atom. The van der Waals surface area contributed by atoms with Crippen molar-refractivity contribution in [1.29, 1.82) is 5.26 Å². The monoisotopic (exact) mass is 254 g/mol. The van der Waals surface area contributed by atoms with Crippen LogP contribution in [0.1, 0.15) is 27.4 Å². The number of carbonyl (C=O) groups is 1. The van der Waals surface area contributed by atoms with Crippen LogP contribution in [0.3, 0.4) is 0 Å². The number of rotatable bonds is 1. The Kier molecular flexibility index (Phi) is 2.32. The highest BCUT2D eigenvalue weighted by atomic mass is 16.1. The molecule has 0 bridgehead atoms. The van der Waals surface area contributed by atoms with Crippen molar-refractivity contribution in [2.75, 3.05) is 0 Å². The summed E-state index contributed by atoms with van der Waals surface area (Å²) in [4.78, 5) is 19.6. The first-order chi connectivity index (χ1) is 9.11.